The van der Waals surface area contributed by atoms with Crippen molar-refractivity contribution in [1.29, 1.82) is 0 Å². The van der Waals surface area contributed by atoms with Gasteiger partial charge >= 0.3 is 0 Å². The first-order chi connectivity index (χ1) is 9.58. The Bertz CT molecular complexity index is 536. The Balaban J connectivity index is 2.12. The molecule has 1 saturated carbocycles. The van der Waals surface area contributed by atoms with Crippen LogP contribution in [0.15, 0.2) is 18.2 Å². The van der Waals surface area contributed by atoms with Gasteiger partial charge in [0.05, 0.1) is 5.56 Å². The number of rotatable bonds is 2. The number of phenolic OH excluding ortho intramolecular Hbond substituents is 1. The Labute approximate surface area is 125 Å². The lowest BCUT2D eigenvalue weighted by atomic mass is 9.63. The number of phenols is 1. The van der Waals surface area contributed by atoms with Crippen LogP contribution in [0.5, 0.6) is 5.75 Å². The van der Waals surface area contributed by atoms with Crippen molar-refractivity contribution in [2.75, 3.05) is 0 Å². The molecule has 0 unspecified atom stereocenters. The molecule has 0 spiro atoms. The highest BCUT2D eigenvalue weighted by molar-refractivity contribution is 5.96. The smallest absolute Gasteiger partial charge is 0.255 e. The Kier molecular flexibility index (Phi) is 4.00. The van der Waals surface area contributed by atoms with E-state index in [9.17, 15) is 14.3 Å². The summed E-state index contributed by atoms with van der Waals surface area (Å²) in [6.07, 6.45) is 2.93. The largest absolute Gasteiger partial charge is 0.507 e. The van der Waals surface area contributed by atoms with Gasteiger partial charge in [0.25, 0.3) is 5.91 Å². The molecule has 0 heterocycles. The lowest BCUT2D eigenvalue weighted by molar-refractivity contribution is 0.0712. The van der Waals surface area contributed by atoms with E-state index in [1.54, 1.807) is 0 Å². The summed E-state index contributed by atoms with van der Waals surface area (Å²) in [7, 11) is 0. The van der Waals surface area contributed by atoms with Crippen LogP contribution in [0, 0.1) is 16.6 Å². The van der Waals surface area contributed by atoms with E-state index < -0.39 is 5.82 Å². The van der Waals surface area contributed by atoms with E-state index in [2.05, 4.69) is 33.0 Å². The second-order valence-corrected chi connectivity index (χ2v) is 7.75. The lowest BCUT2D eigenvalue weighted by Gasteiger charge is -2.45. The van der Waals surface area contributed by atoms with Crippen LogP contribution in [0.2, 0.25) is 0 Å². The number of hydrogen-bond acceptors (Lipinski definition) is 2. The van der Waals surface area contributed by atoms with E-state index >= 15 is 0 Å². The van der Waals surface area contributed by atoms with Crippen molar-refractivity contribution >= 4 is 5.91 Å². The van der Waals surface area contributed by atoms with Gasteiger partial charge in [-0.15, -0.1) is 0 Å². The molecule has 116 valence electrons. The van der Waals surface area contributed by atoms with E-state index in [1.807, 2.05) is 0 Å². The summed E-state index contributed by atoms with van der Waals surface area (Å²) in [5, 5.41) is 12.7. The predicted molar refractivity (Wildman–Crippen MR) is 80.7 cm³/mol. The molecule has 0 radical (unpaired) electrons. The first-order valence-corrected chi connectivity index (χ1v) is 7.37. The molecule has 1 aromatic rings. The number of halogens is 1. The van der Waals surface area contributed by atoms with E-state index in [0.717, 1.165) is 25.3 Å². The Morgan fingerprint density at radius 3 is 2.33 bits per heavy atom. The molecule has 0 saturated heterocycles. The topological polar surface area (TPSA) is 49.3 Å². The highest BCUT2D eigenvalue weighted by Crippen LogP contribution is 2.45. The third-order valence-electron chi connectivity index (χ3n) is 4.09. The van der Waals surface area contributed by atoms with E-state index in [4.69, 9.17) is 0 Å². The number of hydrogen-bond donors (Lipinski definition) is 2. The van der Waals surface area contributed by atoms with Gasteiger partial charge in [0, 0.05) is 12.1 Å². The lowest BCUT2D eigenvalue weighted by Crippen LogP contribution is -2.46. The second kappa shape index (κ2) is 5.32. The highest BCUT2D eigenvalue weighted by atomic mass is 19.1. The van der Waals surface area contributed by atoms with Crippen molar-refractivity contribution in [2.45, 2.75) is 53.0 Å². The molecule has 1 aliphatic rings. The average Bonchev–Trinajstić information content (AvgIpc) is 2.23. The number of carbonyl (C=O) groups is 1. The Morgan fingerprint density at radius 1 is 1.24 bits per heavy atom. The van der Waals surface area contributed by atoms with Crippen LogP contribution in [0.4, 0.5) is 4.39 Å². The third-order valence-corrected chi connectivity index (χ3v) is 4.09. The molecule has 4 heteroatoms. The first-order valence-electron chi connectivity index (χ1n) is 7.37. The summed E-state index contributed by atoms with van der Waals surface area (Å²) in [6.45, 7) is 8.84. The number of aromatic hydroxyl groups is 1. The normalized spacial score (nSPS) is 21.0. The van der Waals surface area contributed by atoms with Gasteiger partial charge in [-0.3, -0.25) is 4.79 Å². The standard InChI is InChI=1S/C17H24FNO2/c1-16(2)8-12(9-17(3,4)10-16)19-15(21)13-6-5-11(18)7-14(13)20/h5-7,12,20H,8-10H2,1-4H3,(H,19,21). The number of carbonyl (C=O) groups excluding carboxylic acids is 1. The molecule has 2 N–H and O–H groups in total. The zero-order valence-corrected chi connectivity index (χ0v) is 13.2. The second-order valence-electron chi connectivity index (χ2n) is 7.75. The fraction of sp³-hybridized carbons (Fsp3) is 0.588. The van der Waals surface area contributed by atoms with Crippen molar-refractivity contribution in [2.24, 2.45) is 10.8 Å². The maximum atomic E-state index is 13.0. The SMILES string of the molecule is CC1(C)CC(NC(=O)c2ccc(F)cc2O)CC(C)(C)C1. The molecule has 1 aliphatic carbocycles. The molecular weight excluding hydrogens is 269 g/mol. The van der Waals surface area contributed by atoms with Gasteiger partial charge in [0.2, 0.25) is 0 Å². The summed E-state index contributed by atoms with van der Waals surface area (Å²) in [6, 6.07) is 3.53. The highest BCUT2D eigenvalue weighted by Gasteiger charge is 2.39. The minimum Gasteiger partial charge on any atom is -0.507 e. The number of nitrogens with one attached hydrogen (secondary N) is 1. The molecular formula is C17H24FNO2. The predicted octanol–water partition coefficient (Wildman–Crippen LogP) is 3.87. The molecule has 2 rings (SSSR count). The van der Waals surface area contributed by atoms with Crippen molar-refractivity contribution in [3.05, 3.63) is 29.6 Å². The van der Waals surface area contributed by atoms with Gasteiger partial charge in [-0.2, -0.15) is 0 Å². The Hall–Kier alpha value is -1.58. The van der Waals surface area contributed by atoms with Crippen molar-refractivity contribution in [3.8, 4) is 5.75 Å². The monoisotopic (exact) mass is 293 g/mol. The summed E-state index contributed by atoms with van der Waals surface area (Å²) in [5.41, 5.74) is 0.465. The molecule has 3 nitrogen and oxygen atoms in total. The minimum atomic E-state index is -0.552. The molecule has 0 aromatic heterocycles. The average molecular weight is 293 g/mol. The zero-order valence-electron chi connectivity index (χ0n) is 13.2. The molecule has 1 aromatic carbocycles. The van der Waals surface area contributed by atoms with Gasteiger partial charge in [-0.1, -0.05) is 27.7 Å². The fourth-order valence-corrected chi connectivity index (χ4v) is 3.91. The number of benzene rings is 1. The number of amides is 1. The van der Waals surface area contributed by atoms with Gasteiger partial charge < -0.3 is 10.4 Å². The van der Waals surface area contributed by atoms with Crippen LogP contribution in [0.25, 0.3) is 0 Å². The summed E-state index contributed by atoms with van der Waals surface area (Å²) in [4.78, 5) is 12.3. The molecule has 0 atom stereocenters. The summed E-state index contributed by atoms with van der Waals surface area (Å²) >= 11 is 0. The van der Waals surface area contributed by atoms with Crippen LogP contribution in [0.3, 0.4) is 0 Å². The van der Waals surface area contributed by atoms with Crippen molar-refractivity contribution in [1.82, 2.24) is 5.32 Å². The van der Waals surface area contributed by atoms with Crippen molar-refractivity contribution in [3.63, 3.8) is 0 Å². The van der Waals surface area contributed by atoms with Crippen LogP contribution in [0.1, 0.15) is 57.3 Å². The van der Waals surface area contributed by atoms with Crippen LogP contribution in [-0.4, -0.2) is 17.1 Å². The van der Waals surface area contributed by atoms with Crippen LogP contribution < -0.4 is 5.32 Å². The van der Waals surface area contributed by atoms with Gasteiger partial charge in [0.15, 0.2) is 0 Å². The zero-order chi connectivity index (χ0) is 15.8. The fourth-order valence-electron chi connectivity index (χ4n) is 3.91. The molecule has 0 bridgehead atoms. The summed E-state index contributed by atoms with van der Waals surface area (Å²) < 4.78 is 13.0. The first kappa shape index (κ1) is 15.8. The van der Waals surface area contributed by atoms with Gasteiger partial charge in [0.1, 0.15) is 11.6 Å². The van der Waals surface area contributed by atoms with E-state index in [0.29, 0.717) is 0 Å². The van der Waals surface area contributed by atoms with Gasteiger partial charge in [-0.25, -0.2) is 4.39 Å². The molecule has 21 heavy (non-hydrogen) atoms. The van der Waals surface area contributed by atoms with Crippen LogP contribution >= 0.6 is 0 Å². The van der Waals surface area contributed by atoms with Gasteiger partial charge in [-0.05, 0) is 42.2 Å². The molecule has 0 aliphatic heterocycles. The third kappa shape index (κ3) is 3.96. The van der Waals surface area contributed by atoms with Crippen molar-refractivity contribution < 1.29 is 14.3 Å². The maximum Gasteiger partial charge on any atom is 0.255 e. The summed E-state index contributed by atoms with van der Waals surface area (Å²) in [5.74, 6) is -1.21. The minimum absolute atomic E-state index is 0.0701. The molecule has 1 amide bonds. The van der Waals surface area contributed by atoms with Crippen LogP contribution in [-0.2, 0) is 0 Å². The quantitative estimate of drug-likeness (QED) is 0.869. The Morgan fingerprint density at radius 2 is 1.81 bits per heavy atom. The maximum absolute atomic E-state index is 13.0. The van der Waals surface area contributed by atoms with E-state index in [-0.39, 0.29) is 34.1 Å². The van der Waals surface area contributed by atoms with E-state index in [1.165, 1.54) is 12.1 Å². The molecule has 1 fully saturated rings.